The molecule has 2 saturated carbocycles. The number of carbonyl (C=O) groups is 1. The maximum atomic E-state index is 12.2. The summed E-state index contributed by atoms with van der Waals surface area (Å²) in [5.74, 6) is 0.904. The van der Waals surface area contributed by atoms with E-state index in [-0.39, 0.29) is 30.3 Å². The largest absolute Gasteiger partial charge is 0.508 e. The predicted molar refractivity (Wildman–Crippen MR) is 106 cm³/mol. The number of nitrogens with one attached hydrogen (secondary N) is 1. The van der Waals surface area contributed by atoms with Crippen LogP contribution in [0.5, 0.6) is 5.75 Å². The Kier molecular flexibility index (Phi) is 4.23. The average Bonchev–Trinajstić information content (AvgIpc) is 3.49. The Balaban J connectivity index is 1.56. The number of hydrogen-bond donors (Lipinski definition) is 4. The van der Waals surface area contributed by atoms with E-state index in [1.807, 2.05) is 12.1 Å². The van der Waals surface area contributed by atoms with Crippen LogP contribution in [0, 0.1) is 5.92 Å². The van der Waals surface area contributed by atoms with E-state index in [0.717, 1.165) is 43.8 Å². The number of carbonyl (C=O) groups excluding carboxylic acids is 1. The highest BCUT2D eigenvalue weighted by Crippen LogP contribution is 2.58. The van der Waals surface area contributed by atoms with Gasteiger partial charge in [-0.05, 0) is 80.7 Å². The molecule has 28 heavy (non-hydrogen) atoms. The zero-order chi connectivity index (χ0) is 19.5. The van der Waals surface area contributed by atoms with Crippen molar-refractivity contribution in [2.75, 3.05) is 19.6 Å². The van der Waals surface area contributed by atoms with Crippen molar-refractivity contribution in [1.29, 1.82) is 0 Å². The third-order valence-corrected chi connectivity index (χ3v) is 7.88. The average molecular weight is 386 g/mol. The molecule has 1 amide bonds. The van der Waals surface area contributed by atoms with E-state index in [1.54, 1.807) is 6.07 Å². The Morgan fingerprint density at radius 2 is 2.11 bits per heavy atom. The lowest BCUT2D eigenvalue weighted by molar-refractivity contribution is -0.171. The minimum atomic E-state index is -0.815. The van der Waals surface area contributed by atoms with E-state index in [2.05, 4.69) is 10.2 Å². The Hall–Kier alpha value is -1.63. The maximum Gasteiger partial charge on any atom is 0.233 e. The summed E-state index contributed by atoms with van der Waals surface area (Å²) in [7, 11) is 0. The molecule has 5 N–H and O–H groups in total. The molecule has 3 fully saturated rings. The van der Waals surface area contributed by atoms with Crippen molar-refractivity contribution in [1.82, 2.24) is 10.2 Å². The van der Waals surface area contributed by atoms with Gasteiger partial charge in [-0.15, -0.1) is 0 Å². The first-order chi connectivity index (χ1) is 13.4. The zero-order valence-electron chi connectivity index (χ0n) is 16.4. The van der Waals surface area contributed by atoms with Crippen molar-refractivity contribution in [3.8, 4) is 5.75 Å². The normalized spacial score (nSPS) is 37.1. The Morgan fingerprint density at radius 3 is 2.86 bits per heavy atom. The van der Waals surface area contributed by atoms with Crippen molar-refractivity contribution < 1.29 is 15.0 Å². The lowest BCUT2D eigenvalue weighted by Gasteiger charge is -2.65. The molecule has 1 heterocycles. The van der Waals surface area contributed by atoms with Gasteiger partial charge < -0.3 is 21.3 Å². The summed E-state index contributed by atoms with van der Waals surface area (Å²) < 4.78 is 0. The first-order valence-electron chi connectivity index (χ1n) is 10.7. The summed E-state index contributed by atoms with van der Waals surface area (Å²) in [6, 6.07) is 5.78. The number of likely N-dealkylation sites (tertiary alicyclic amines) is 1. The van der Waals surface area contributed by atoms with Crippen LogP contribution in [0.15, 0.2) is 18.2 Å². The Labute approximate surface area is 166 Å². The summed E-state index contributed by atoms with van der Waals surface area (Å²) >= 11 is 0. The third kappa shape index (κ3) is 2.69. The van der Waals surface area contributed by atoms with Gasteiger partial charge in [-0.25, -0.2) is 0 Å². The number of aromatic hydroxyl groups is 1. The molecular formula is C22H31N3O3. The van der Waals surface area contributed by atoms with Gasteiger partial charge in [0.15, 0.2) is 0 Å². The molecule has 0 spiro atoms. The van der Waals surface area contributed by atoms with Crippen LogP contribution < -0.4 is 11.1 Å². The van der Waals surface area contributed by atoms with Crippen LogP contribution in [0.1, 0.15) is 49.7 Å². The molecule has 1 aromatic carbocycles. The third-order valence-electron chi connectivity index (χ3n) is 7.88. The first-order valence-corrected chi connectivity index (χ1v) is 10.7. The Bertz CT molecular complexity index is 795. The van der Waals surface area contributed by atoms with E-state index in [0.29, 0.717) is 12.8 Å². The molecule has 3 aliphatic carbocycles. The van der Waals surface area contributed by atoms with Crippen LogP contribution in [0.4, 0.5) is 0 Å². The number of amides is 1. The zero-order valence-corrected chi connectivity index (χ0v) is 16.4. The molecule has 6 nitrogen and oxygen atoms in total. The lowest BCUT2D eigenvalue weighted by Crippen LogP contribution is -2.74. The number of phenolic OH excluding ortho intramolecular Hbond substituents is 1. The molecule has 1 saturated heterocycles. The second kappa shape index (κ2) is 6.44. The molecule has 1 aromatic rings. The van der Waals surface area contributed by atoms with Crippen LogP contribution in [-0.2, 0) is 16.6 Å². The SMILES string of the molecule is NCC(=O)N[C@@H]1CC[C@@]2(O)[C@H]3Cc4ccc(O)cc4[C@@]2(CCN3CC2CC2)C1. The van der Waals surface area contributed by atoms with Crippen LogP contribution in [-0.4, -0.2) is 58.3 Å². The number of benzene rings is 1. The number of nitrogens with zero attached hydrogens (tertiary/aromatic N) is 1. The van der Waals surface area contributed by atoms with Gasteiger partial charge in [0.25, 0.3) is 0 Å². The van der Waals surface area contributed by atoms with Crippen LogP contribution in [0.25, 0.3) is 0 Å². The fourth-order valence-electron chi connectivity index (χ4n) is 6.36. The molecule has 6 heteroatoms. The molecule has 0 aromatic heterocycles. The van der Waals surface area contributed by atoms with Gasteiger partial charge in [0.05, 0.1) is 12.1 Å². The first kappa shape index (κ1) is 18.4. The van der Waals surface area contributed by atoms with E-state index < -0.39 is 11.0 Å². The second-order valence-electron chi connectivity index (χ2n) is 9.47. The van der Waals surface area contributed by atoms with Crippen LogP contribution >= 0.6 is 0 Å². The van der Waals surface area contributed by atoms with Gasteiger partial charge in [0.2, 0.25) is 5.91 Å². The van der Waals surface area contributed by atoms with E-state index >= 15 is 0 Å². The summed E-state index contributed by atoms with van der Waals surface area (Å²) in [5.41, 5.74) is 6.60. The molecule has 0 radical (unpaired) electrons. The summed E-state index contributed by atoms with van der Waals surface area (Å²) in [4.78, 5) is 14.5. The predicted octanol–water partition coefficient (Wildman–Crippen LogP) is 1.03. The van der Waals surface area contributed by atoms with Gasteiger partial charge in [0.1, 0.15) is 5.75 Å². The van der Waals surface area contributed by atoms with Gasteiger partial charge in [-0.1, -0.05) is 6.07 Å². The highest BCUT2D eigenvalue weighted by atomic mass is 16.3. The van der Waals surface area contributed by atoms with E-state index in [9.17, 15) is 15.0 Å². The quantitative estimate of drug-likeness (QED) is 0.621. The number of piperidine rings is 1. The smallest absolute Gasteiger partial charge is 0.233 e. The summed E-state index contributed by atoms with van der Waals surface area (Å²) in [6.07, 6.45) is 6.46. The van der Waals surface area contributed by atoms with Crippen molar-refractivity contribution in [2.45, 2.75) is 68.0 Å². The van der Waals surface area contributed by atoms with Crippen molar-refractivity contribution in [3.05, 3.63) is 29.3 Å². The number of nitrogens with two attached hydrogens (primary N) is 1. The number of hydrogen-bond acceptors (Lipinski definition) is 5. The number of rotatable bonds is 4. The van der Waals surface area contributed by atoms with E-state index in [4.69, 9.17) is 5.73 Å². The van der Waals surface area contributed by atoms with Gasteiger partial charge in [-0.3, -0.25) is 9.69 Å². The monoisotopic (exact) mass is 385 g/mol. The molecule has 0 unspecified atom stereocenters. The van der Waals surface area contributed by atoms with E-state index in [1.165, 1.54) is 18.4 Å². The number of fused-ring (bicyclic) bond motifs is 1. The Morgan fingerprint density at radius 1 is 1.29 bits per heavy atom. The highest BCUT2D eigenvalue weighted by molar-refractivity contribution is 5.78. The molecule has 5 rings (SSSR count). The maximum absolute atomic E-state index is 12.2. The lowest BCUT2D eigenvalue weighted by atomic mass is 9.49. The van der Waals surface area contributed by atoms with Crippen molar-refractivity contribution >= 4 is 5.91 Å². The fourth-order valence-corrected chi connectivity index (χ4v) is 6.36. The van der Waals surface area contributed by atoms with Gasteiger partial charge in [-0.2, -0.15) is 0 Å². The van der Waals surface area contributed by atoms with Crippen molar-refractivity contribution in [2.24, 2.45) is 11.7 Å². The molecule has 1 aliphatic heterocycles. The highest BCUT2D eigenvalue weighted by Gasteiger charge is 2.64. The molecular weight excluding hydrogens is 354 g/mol. The van der Waals surface area contributed by atoms with Gasteiger partial charge >= 0.3 is 0 Å². The fraction of sp³-hybridized carbons (Fsp3) is 0.682. The standard InChI is InChI=1S/C22H31N3O3/c23-12-20(27)24-16-5-6-22(28)19-9-15-3-4-17(26)10-18(15)21(22,11-16)7-8-25(19)13-14-1-2-14/h3-4,10,14,16,19,26,28H,1-2,5-9,11-13,23H2,(H,24,27)/t16-,19-,21-,22-/m1/s1. The molecule has 2 bridgehead atoms. The van der Waals surface area contributed by atoms with Crippen LogP contribution in [0.3, 0.4) is 0 Å². The molecule has 152 valence electrons. The number of phenols is 1. The summed E-state index contributed by atoms with van der Waals surface area (Å²) in [6.45, 7) is 2.04. The molecule has 4 atom stereocenters. The van der Waals surface area contributed by atoms with Gasteiger partial charge in [0, 0.05) is 24.0 Å². The summed E-state index contributed by atoms with van der Waals surface area (Å²) in [5, 5.41) is 25.4. The van der Waals surface area contributed by atoms with Crippen LogP contribution in [0.2, 0.25) is 0 Å². The minimum Gasteiger partial charge on any atom is -0.508 e. The minimum absolute atomic E-state index is 0.0110. The topological polar surface area (TPSA) is 98.8 Å². The number of aliphatic hydroxyl groups is 1. The second-order valence-corrected chi connectivity index (χ2v) is 9.47. The molecule has 4 aliphatic rings. The van der Waals surface area contributed by atoms with Crippen molar-refractivity contribution in [3.63, 3.8) is 0 Å².